The monoisotopic (exact) mass is 442 g/mol. The summed E-state index contributed by atoms with van der Waals surface area (Å²) < 4.78 is 0. The van der Waals surface area contributed by atoms with E-state index in [9.17, 15) is 9.59 Å². The molecule has 1 aliphatic heterocycles. The number of hydrogen-bond donors (Lipinski definition) is 1. The minimum Gasteiger partial charge on any atom is -0.345 e. The Bertz CT molecular complexity index is 1250. The number of amides is 2. The number of aromatic amines is 1. The van der Waals surface area contributed by atoms with E-state index >= 15 is 0 Å². The van der Waals surface area contributed by atoms with Crippen molar-refractivity contribution in [3.63, 3.8) is 0 Å². The third-order valence-electron chi connectivity index (χ3n) is 6.99. The number of rotatable bonds is 4. The van der Waals surface area contributed by atoms with E-state index in [-0.39, 0.29) is 23.3 Å². The molecule has 6 nitrogen and oxygen atoms in total. The van der Waals surface area contributed by atoms with Crippen molar-refractivity contribution in [2.24, 2.45) is 5.41 Å². The Kier molecular flexibility index (Phi) is 4.92. The Morgan fingerprint density at radius 2 is 1.85 bits per heavy atom. The van der Waals surface area contributed by atoms with E-state index in [1.54, 1.807) is 19.0 Å². The SMILES string of the molecule is CC(c1ccc(C(=O)N(C)C)cc1)N1Cc2cc(-c3n[nH]c4c3CC(C)(C)C4)ccc2C1=O. The quantitative estimate of drug-likeness (QED) is 0.641. The van der Waals surface area contributed by atoms with Gasteiger partial charge in [-0.15, -0.1) is 0 Å². The van der Waals surface area contributed by atoms with Crippen LogP contribution in [0.1, 0.15) is 69.9 Å². The van der Waals surface area contributed by atoms with Crippen LogP contribution < -0.4 is 0 Å². The zero-order valence-corrected chi connectivity index (χ0v) is 19.9. The van der Waals surface area contributed by atoms with Gasteiger partial charge in [0.25, 0.3) is 11.8 Å². The Balaban J connectivity index is 1.38. The maximum atomic E-state index is 13.2. The summed E-state index contributed by atoms with van der Waals surface area (Å²) >= 11 is 0. The van der Waals surface area contributed by atoms with Gasteiger partial charge in [0.2, 0.25) is 0 Å². The predicted molar refractivity (Wildman–Crippen MR) is 128 cm³/mol. The lowest BCUT2D eigenvalue weighted by Crippen LogP contribution is -2.27. The number of fused-ring (bicyclic) bond motifs is 2. The summed E-state index contributed by atoms with van der Waals surface area (Å²) in [6, 6.07) is 13.6. The average molecular weight is 443 g/mol. The number of aromatic nitrogens is 2. The van der Waals surface area contributed by atoms with Crippen LogP contribution >= 0.6 is 0 Å². The Morgan fingerprint density at radius 1 is 1.12 bits per heavy atom. The molecule has 0 spiro atoms. The third-order valence-corrected chi connectivity index (χ3v) is 6.99. The Morgan fingerprint density at radius 3 is 2.55 bits per heavy atom. The second-order valence-electron chi connectivity index (χ2n) is 10.3. The molecule has 0 saturated carbocycles. The van der Waals surface area contributed by atoms with Crippen molar-refractivity contribution in [3.8, 4) is 11.3 Å². The van der Waals surface area contributed by atoms with E-state index in [1.165, 1.54) is 11.3 Å². The van der Waals surface area contributed by atoms with E-state index in [0.717, 1.165) is 40.8 Å². The fraction of sp³-hybridized carbons (Fsp3) is 0.370. The van der Waals surface area contributed by atoms with E-state index < -0.39 is 0 Å². The molecule has 1 aromatic heterocycles. The highest BCUT2D eigenvalue weighted by Crippen LogP contribution is 2.41. The van der Waals surface area contributed by atoms with Gasteiger partial charge in [-0.2, -0.15) is 5.10 Å². The number of carbonyl (C=O) groups excluding carboxylic acids is 2. The van der Waals surface area contributed by atoms with Crippen LogP contribution in [-0.2, 0) is 19.4 Å². The number of hydrogen-bond acceptors (Lipinski definition) is 3. The number of H-pyrrole nitrogens is 1. The predicted octanol–water partition coefficient (Wildman–Crippen LogP) is 4.62. The van der Waals surface area contributed by atoms with Crippen LogP contribution in [0.25, 0.3) is 11.3 Å². The smallest absolute Gasteiger partial charge is 0.255 e. The van der Waals surface area contributed by atoms with Crippen molar-refractivity contribution >= 4 is 11.8 Å². The van der Waals surface area contributed by atoms with Gasteiger partial charge in [-0.3, -0.25) is 14.7 Å². The molecule has 0 radical (unpaired) electrons. The lowest BCUT2D eigenvalue weighted by Gasteiger charge is -2.25. The molecule has 0 saturated heterocycles. The molecule has 6 heteroatoms. The van der Waals surface area contributed by atoms with Gasteiger partial charge in [0.05, 0.1) is 11.7 Å². The maximum absolute atomic E-state index is 13.2. The minimum atomic E-state index is -0.0905. The van der Waals surface area contributed by atoms with Crippen LogP contribution in [0.2, 0.25) is 0 Å². The third kappa shape index (κ3) is 3.63. The first-order valence-electron chi connectivity index (χ1n) is 11.5. The molecule has 170 valence electrons. The molecule has 3 aromatic rings. The molecule has 2 heterocycles. The van der Waals surface area contributed by atoms with Crippen molar-refractivity contribution in [1.29, 1.82) is 0 Å². The number of nitrogens with one attached hydrogen (secondary N) is 1. The largest absolute Gasteiger partial charge is 0.345 e. The summed E-state index contributed by atoms with van der Waals surface area (Å²) in [5.74, 6) is 0.0190. The first-order valence-corrected chi connectivity index (χ1v) is 11.5. The van der Waals surface area contributed by atoms with Gasteiger partial charge in [-0.05, 0) is 60.6 Å². The molecule has 1 atom stereocenters. The van der Waals surface area contributed by atoms with Gasteiger partial charge in [-0.25, -0.2) is 0 Å². The van der Waals surface area contributed by atoms with E-state index in [1.807, 2.05) is 48.2 Å². The summed E-state index contributed by atoms with van der Waals surface area (Å²) in [5, 5.41) is 7.83. The first kappa shape index (κ1) is 21.4. The number of carbonyl (C=O) groups is 2. The topological polar surface area (TPSA) is 69.3 Å². The normalized spacial score (nSPS) is 17.1. The average Bonchev–Trinajstić information content (AvgIpc) is 3.41. The molecular weight excluding hydrogens is 412 g/mol. The van der Waals surface area contributed by atoms with Crippen LogP contribution in [0.5, 0.6) is 0 Å². The zero-order valence-electron chi connectivity index (χ0n) is 19.9. The van der Waals surface area contributed by atoms with Crippen molar-refractivity contribution < 1.29 is 9.59 Å². The fourth-order valence-electron chi connectivity index (χ4n) is 5.14. The number of benzene rings is 2. The summed E-state index contributed by atoms with van der Waals surface area (Å²) in [6.07, 6.45) is 2.03. The highest BCUT2D eigenvalue weighted by atomic mass is 16.2. The highest BCUT2D eigenvalue weighted by Gasteiger charge is 2.35. The maximum Gasteiger partial charge on any atom is 0.255 e. The molecule has 0 fully saturated rings. The van der Waals surface area contributed by atoms with Crippen molar-refractivity contribution in [3.05, 3.63) is 76.0 Å². The van der Waals surface area contributed by atoms with E-state index in [4.69, 9.17) is 0 Å². The molecule has 0 bridgehead atoms. The molecule has 2 aliphatic rings. The van der Waals surface area contributed by atoms with Gasteiger partial charge < -0.3 is 9.80 Å². The fourth-order valence-corrected chi connectivity index (χ4v) is 5.14. The summed E-state index contributed by atoms with van der Waals surface area (Å²) in [7, 11) is 3.48. The first-order chi connectivity index (χ1) is 15.6. The second kappa shape index (κ2) is 7.58. The van der Waals surface area contributed by atoms with Crippen molar-refractivity contribution in [2.45, 2.75) is 46.2 Å². The molecule has 2 aromatic carbocycles. The van der Waals surface area contributed by atoms with Gasteiger partial charge in [-0.1, -0.05) is 32.0 Å². The highest BCUT2D eigenvalue weighted by molar-refractivity contribution is 5.99. The summed E-state index contributed by atoms with van der Waals surface area (Å²) in [5.41, 5.74) is 8.33. The van der Waals surface area contributed by atoms with Gasteiger partial charge in [0, 0.05) is 48.6 Å². The molecule has 33 heavy (non-hydrogen) atoms. The van der Waals surface area contributed by atoms with E-state index in [2.05, 4.69) is 30.1 Å². The second-order valence-corrected chi connectivity index (χ2v) is 10.3. The van der Waals surface area contributed by atoms with Crippen molar-refractivity contribution in [1.82, 2.24) is 20.0 Å². The molecule has 2 amide bonds. The molecular formula is C27H30N4O2. The van der Waals surface area contributed by atoms with Gasteiger partial charge >= 0.3 is 0 Å². The van der Waals surface area contributed by atoms with Gasteiger partial charge in [0.1, 0.15) is 0 Å². The summed E-state index contributed by atoms with van der Waals surface area (Å²) in [4.78, 5) is 28.8. The Hall–Kier alpha value is -3.41. The van der Waals surface area contributed by atoms with Crippen molar-refractivity contribution in [2.75, 3.05) is 14.1 Å². The van der Waals surface area contributed by atoms with Crippen LogP contribution in [0, 0.1) is 5.41 Å². The van der Waals surface area contributed by atoms with Crippen LogP contribution in [0.3, 0.4) is 0 Å². The standard InChI is InChI=1S/C27H30N4O2/c1-16(17-6-8-18(9-7-17)25(32)30(4)5)31-15-20-12-19(10-11-21(20)26(31)33)24-22-13-27(2,3)14-23(22)28-29-24/h6-12,16H,13-15H2,1-5H3,(H,28,29). The summed E-state index contributed by atoms with van der Waals surface area (Å²) in [6.45, 7) is 7.18. The molecule has 1 aliphatic carbocycles. The number of nitrogens with zero attached hydrogens (tertiary/aromatic N) is 3. The van der Waals surface area contributed by atoms with Crippen LogP contribution in [-0.4, -0.2) is 45.9 Å². The lowest BCUT2D eigenvalue weighted by molar-refractivity contribution is 0.0715. The Labute approximate surface area is 194 Å². The van der Waals surface area contributed by atoms with Gasteiger partial charge in [0.15, 0.2) is 0 Å². The molecule has 1 unspecified atom stereocenters. The zero-order chi connectivity index (χ0) is 23.5. The molecule has 5 rings (SSSR count). The lowest BCUT2D eigenvalue weighted by atomic mass is 9.90. The molecule has 1 N–H and O–H groups in total. The van der Waals surface area contributed by atoms with Crippen LogP contribution in [0.15, 0.2) is 42.5 Å². The minimum absolute atomic E-state index is 0.0281. The van der Waals surface area contributed by atoms with E-state index in [0.29, 0.717) is 12.1 Å². The van der Waals surface area contributed by atoms with Crippen LogP contribution in [0.4, 0.5) is 0 Å².